The first-order valence-corrected chi connectivity index (χ1v) is 12.8. The number of nitrogens with one attached hydrogen (secondary N) is 1. The monoisotopic (exact) mass is 495 g/mol. The summed E-state index contributed by atoms with van der Waals surface area (Å²) in [5, 5.41) is 12.5. The van der Waals surface area contributed by atoms with Crippen molar-refractivity contribution in [3.05, 3.63) is 119 Å². The van der Waals surface area contributed by atoms with Crippen molar-refractivity contribution in [2.24, 2.45) is 5.92 Å². The lowest BCUT2D eigenvalue weighted by atomic mass is 9.96. The molecular formula is C32H33NO4. The number of carbonyl (C=O) groups excluding carboxylic acids is 1. The molecule has 0 spiro atoms. The Morgan fingerprint density at radius 2 is 1.70 bits per heavy atom. The quantitative estimate of drug-likeness (QED) is 0.281. The zero-order chi connectivity index (χ0) is 26.0. The van der Waals surface area contributed by atoms with E-state index in [1.807, 2.05) is 61.5 Å². The van der Waals surface area contributed by atoms with Gasteiger partial charge < -0.3 is 15.2 Å². The van der Waals surface area contributed by atoms with E-state index in [-0.39, 0.29) is 17.4 Å². The van der Waals surface area contributed by atoms with E-state index in [0.717, 1.165) is 36.1 Å². The summed E-state index contributed by atoms with van der Waals surface area (Å²) in [6, 6.07) is 22.1. The van der Waals surface area contributed by atoms with E-state index in [9.17, 15) is 14.7 Å². The molecule has 4 rings (SSSR count). The fourth-order valence-corrected chi connectivity index (χ4v) is 4.51. The maximum atomic E-state index is 13.1. The van der Waals surface area contributed by atoms with Crippen LogP contribution in [0.1, 0.15) is 59.2 Å². The van der Waals surface area contributed by atoms with Crippen LogP contribution in [0.3, 0.4) is 0 Å². The van der Waals surface area contributed by atoms with Crippen LogP contribution in [0.15, 0.2) is 97.1 Å². The highest BCUT2D eigenvalue weighted by molar-refractivity contribution is 5.96. The lowest BCUT2D eigenvalue weighted by Crippen LogP contribution is -2.20. The van der Waals surface area contributed by atoms with E-state index >= 15 is 0 Å². The Labute approximate surface area is 218 Å². The molecule has 0 saturated carbocycles. The number of allylic oxidation sites excluding steroid dienone is 4. The molecule has 2 unspecified atom stereocenters. The fraction of sp³-hybridized carbons (Fsp3) is 0.250. The summed E-state index contributed by atoms with van der Waals surface area (Å²) < 4.78 is 5.90. The van der Waals surface area contributed by atoms with Crippen LogP contribution < -0.4 is 10.1 Å². The van der Waals surface area contributed by atoms with Gasteiger partial charge in [0.2, 0.25) is 5.91 Å². The van der Waals surface area contributed by atoms with Crippen LogP contribution in [0.2, 0.25) is 0 Å². The highest BCUT2D eigenvalue weighted by Crippen LogP contribution is 2.25. The number of rotatable bonds is 11. The Kier molecular flexibility index (Phi) is 8.93. The smallest absolute Gasteiger partial charge is 0.335 e. The molecular weight excluding hydrogens is 462 g/mol. The van der Waals surface area contributed by atoms with Gasteiger partial charge >= 0.3 is 5.97 Å². The first kappa shape index (κ1) is 26.0. The number of carboxylic acids is 1. The normalized spacial score (nSPS) is 15.2. The third-order valence-corrected chi connectivity index (χ3v) is 6.73. The van der Waals surface area contributed by atoms with Crippen molar-refractivity contribution in [1.29, 1.82) is 0 Å². The predicted molar refractivity (Wildman–Crippen MR) is 147 cm³/mol. The van der Waals surface area contributed by atoms with Crippen LogP contribution in [0.4, 0.5) is 5.69 Å². The standard InChI is InChI=1S/C32H33NO4/c1-23(25-17-19-28(20-18-25)37-21-9-12-24-10-3-2-4-11-24)31(34)33-30-16-8-6-14-27(30)22-26-13-5-7-15-29(26)32(35)36/h2-8,10,13-20,23-24H,9,11-12,21-22H2,1H3,(H,33,34)(H,35,36). The Bertz CT molecular complexity index is 1280. The molecule has 0 bridgehead atoms. The van der Waals surface area contributed by atoms with Crippen LogP contribution >= 0.6 is 0 Å². The largest absolute Gasteiger partial charge is 0.494 e. The van der Waals surface area contributed by atoms with E-state index < -0.39 is 5.97 Å². The van der Waals surface area contributed by atoms with Gasteiger partial charge in [-0.05, 0) is 73.1 Å². The molecule has 2 atom stereocenters. The third-order valence-electron chi connectivity index (χ3n) is 6.73. The second kappa shape index (κ2) is 12.7. The van der Waals surface area contributed by atoms with Gasteiger partial charge in [0.25, 0.3) is 0 Å². The molecule has 0 fully saturated rings. The van der Waals surface area contributed by atoms with E-state index in [2.05, 4.69) is 29.6 Å². The van der Waals surface area contributed by atoms with Gasteiger partial charge in [0, 0.05) is 12.1 Å². The second-order valence-corrected chi connectivity index (χ2v) is 9.38. The molecule has 190 valence electrons. The molecule has 3 aromatic rings. The molecule has 3 aromatic carbocycles. The minimum absolute atomic E-state index is 0.123. The van der Waals surface area contributed by atoms with E-state index in [0.29, 0.717) is 30.2 Å². The summed E-state index contributed by atoms with van der Waals surface area (Å²) in [4.78, 5) is 24.7. The summed E-state index contributed by atoms with van der Waals surface area (Å²) in [5.41, 5.74) is 3.41. The number of amides is 1. The molecule has 0 saturated heterocycles. The third kappa shape index (κ3) is 7.20. The molecule has 0 aliphatic heterocycles. The van der Waals surface area contributed by atoms with E-state index in [1.54, 1.807) is 18.2 Å². The van der Waals surface area contributed by atoms with Crippen LogP contribution in [0.25, 0.3) is 0 Å². The maximum absolute atomic E-state index is 13.1. The van der Waals surface area contributed by atoms with Crippen molar-refractivity contribution < 1.29 is 19.4 Å². The number of ether oxygens (including phenoxy) is 1. The van der Waals surface area contributed by atoms with Gasteiger partial charge in [0.05, 0.1) is 18.1 Å². The molecule has 37 heavy (non-hydrogen) atoms. The topological polar surface area (TPSA) is 75.6 Å². The molecule has 2 N–H and O–H groups in total. The molecule has 1 aliphatic rings. The molecule has 1 aliphatic carbocycles. The van der Waals surface area contributed by atoms with Gasteiger partial charge in [0.1, 0.15) is 5.75 Å². The highest BCUT2D eigenvalue weighted by atomic mass is 16.5. The minimum atomic E-state index is -0.961. The van der Waals surface area contributed by atoms with Crippen molar-refractivity contribution in [3.63, 3.8) is 0 Å². The molecule has 5 heteroatoms. The van der Waals surface area contributed by atoms with Crippen molar-refractivity contribution in [2.45, 2.75) is 38.5 Å². The molecule has 0 aromatic heterocycles. The zero-order valence-corrected chi connectivity index (χ0v) is 21.1. The number of carbonyl (C=O) groups is 2. The van der Waals surface area contributed by atoms with Crippen LogP contribution in [-0.4, -0.2) is 23.6 Å². The number of benzene rings is 3. The van der Waals surface area contributed by atoms with Crippen LogP contribution in [0, 0.1) is 5.92 Å². The molecule has 0 heterocycles. The van der Waals surface area contributed by atoms with Crippen LogP contribution in [0.5, 0.6) is 5.75 Å². The molecule has 5 nitrogen and oxygen atoms in total. The van der Waals surface area contributed by atoms with Crippen LogP contribution in [-0.2, 0) is 11.2 Å². The average Bonchev–Trinajstić information content (AvgIpc) is 2.93. The number of carboxylic acid groups (broad SMARTS) is 1. The lowest BCUT2D eigenvalue weighted by molar-refractivity contribution is -0.117. The first-order chi connectivity index (χ1) is 18.0. The molecule has 0 radical (unpaired) electrons. The van der Waals surface area contributed by atoms with Gasteiger partial charge in [-0.2, -0.15) is 0 Å². The zero-order valence-electron chi connectivity index (χ0n) is 21.1. The minimum Gasteiger partial charge on any atom is -0.494 e. The van der Waals surface area contributed by atoms with E-state index in [4.69, 9.17) is 4.74 Å². The Morgan fingerprint density at radius 3 is 2.43 bits per heavy atom. The van der Waals surface area contributed by atoms with Crippen molar-refractivity contribution in [2.75, 3.05) is 11.9 Å². The summed E-state index contributed by atoms with van der Waals surface area (Å²) >= 11 is 0. The Balaban J connectivity index is 1.33. The van der Waals surface area contributed by atoms with Gasteiger partial charge in [0.15, 0.2) is 0 Å². The lowest BCUT2D eigenvalue weighted by Gasteiger charge is -2.16. The maximum Gasteiger partial charge on any atom is 0.335 e. The predicted octanol–water partition coefficient (Wildman–Crippen LogP) is 7.01. The molecule has 1 amide bonds. The van der Waals surface area contributed by atoms with Gasteiger partial charge in [-0.1, -0.05) is 72.8 Å². The average molecular weight is 496 g/mol. The number of para-hydroxylation sites is 1. The first-order valence-electron chi connectivity index (χ1n) is 12.8. The summed E-state index contributed by atoms with van der Waals surface area (Å²) in [7, 11) is 0. The Morgan fingerprint density at radius 1 is 0.973 bits per heavy atom. The fourth-order valence-electron chi connectivity index (χ4n) is 4.51. The second-order valence-electron chi connectivity index (χ2n) is 9.38. The number of hydrogen-bond donors (Lipinski definition) is 2. The van der Waals surface area contributed by atoms with Gasteiger partial charge in [-0.3, -0.25) is 4.79 Å². The van der Waals surface area contributed by atoms with Gasteiger partial charge in [-0.25, -0.2) is 4.79 Å². The number of aromatic carboxylic acids is 1. The SMILES string of the molecule is CC(C(=O)Nc1ccccc1Cc1ccccc1C(=O)O)c1ccc(OCCCC2C=CC=CC2)cc1. The van der Waals surface area contributed by atoms with E-state index in [1.165, 1.54) is 0 Å². The highest BCUT2D eigenvalue weighted by Gasteiger charge is 2.18. The number of hydrogen-bond acceptors (Lipinski definition) is 3. The van der Waals surface area contributed by atoms with Crippen molar-refractivity contribution in [3.8, 4) is 5.75 Å². The number of anilines is 1. The summed E-state index contributed by atoms with van der Waals surface area (Å²) in [5.74, 6) is -0.0380. The van der Waals surface area contributed by atoms with Crippen molar-refractivity contribution in [1.82, 2.24) is 0 Å². The summed E-state index contributed by atoms with van der Waals surface area (Å²) in [6.07, 6.45) is 12.3. The Hall–Kier alpha value is -4.12. The summed E-state index contributed by atoms with van der Waals surface area (Å²) in [6.45, 7) is 2.55. The van der Waals surface area contributed by atoms with Crippen molar-refractivity contribution >= 4 is 17.6 Å². The van der Waals surface area contributed by atoms with Gasteiger partial charge in [-0.15, -0.1) is 0 Å².